The molecular formula is C28H28F2N2O2. The Hall–Kier alpha value is -3.28. The van der Waals surface area contributed by atoms with Crippen molar-refractivity contribution >= 4 is 5.91 Å². The van der Waals surface area contributed by atoms with Crippen LogP contribution in [0, 0.1) is 0 Å². The molecule has 4 nitrogen and oxygen atoms in total. The number of carbonyl (C=O) groups excluding carboxylic acids is 1. The molecule has 6 heteroatoms. The first-order chi connectivity index (χ1) is 16.4. The average molecular weight is 463 g/mol. The van der Waals surface area contributed by atoms with Gasteiger partial charge in [-0.2, -0.15) is 0 Å². The van der Waals surface area contributed by atoms with Crippen LogP contribution in [0.15, 0.2) is 72.9 Å². The zero-order chi connectivity index (χ0) is 23.6. The lowest BCUT2D eigenvalue weighted by Crippen LogP contribution is -2.37. The Bertz CT molecular complexity index is 1120. The van der Waals surface area contributed by atoms with Crippen LogP contribution >= 0.6 is 0 Å². The molecule has 2 aromatic carbocycles. The van der Waals surface area contributed by atoms with Gasteiger partial charge in [0.2, 0.25) is 5.92 Å². The molecule has 2 aliphatic rings. The maximum atomic E-state index is 14.1. The number of carbonyl (C=O) groups is 1. The Balaban J connectivity index is 1.37. The first-order valence-corrected chi connectivity index (χ1v) is 11.9. The first-order valence-electron chi connectivity index (χ1n) is 11.9. The largest absolute Gasteiger partial charge is 0.487 e. The second kappa shape index (κ2) is 9.16. The molecule has 0 unspecified atom stereocenters. The first kappa shape index (κ1) is 22.5. The van der Waals surface area contributed by atoms with Gasteiger partial charge in [-0.3, -0.25) is 9.78 Å². The number of benzene rings is 2. The lowest BCUT2D eigenvalue weighted by atomic mass is 9.64. The fraction of sp³-hybridized carbons (Fsp3) is 0.357. The number of amides is 1. The van der Waals surface area contributed by atoms with Crippen LogP contribution in [0.1, 0.15) is 65.7 Å². The molecule has 2 aliphatic carbocycles. The minimum Gasteiger partial charge on any atom is -0.487 e. The van der Waals surface area contributed by atoms with E-state index in [1.807, 2.05) is 66.7 Å². The van der Waals surface area contributed by atoms with Gasteiger partial charge in [-0.1, -0.05) is 30.3 Å². The third-order valence-corrected chi connectivity index (χ3v) is 6.97. The fourth-order valence-electron chi connectivity index (χ4n) is 4.73. The highest BCUT2D eigenvalue weighted by Crippen LogP contribution is 2.49. The summed E-state index contributed by atoms with van der Waals surface area (Å²) in [5.41, 5.74) is 2.87. The Kier molecular flexibility index (Phi) is 6.07. The summed E-state index contributed by atoms with van der Waals surface area (Å²) < 4.78 is 34.1. The third-order valence-electron chi connectivity index (χ3n) is 6.97. The van der Waals surface area contributed by atoms with Gasteiger partial charge < -0.3 is 10.1 Å². The number of hydrogen-bond acceptors (Lipinski definition) is 3. The van der Waals surface area contributed by atoms with Crippen molar-refractivity contribution < 1.29 is 18.3 Å². The van der Waals surface area contributed by atoms with Gasteiger partial charge in [-0.15, -0.1) is 0 Å². The summed E-state index contributed by atoms with van der Waals surface area (Å²) in [6.07, 6.45) is 4.17. The van der Waals surface area contributed by atoms with Crippen LogP contribution in [0.25, 0.3) is 0 Å². The topological polar surface area (TPSA) is 51.2 Å². The van der Waals surface area contributed by atoms with Crippen LogP contribution < -0.4 is 10.1 Å². The molecule has 1 aromatic heterocycles. The van der Waals surface area contributed by atoms with E-state index >= 15 is 0 Å². The van der Waals surface area contributed by atoms with E-state index in [1.54, 1.807) is 6.20 Å². The van der Waals surface area contributed by atoms with Crippen molar-refractivity contribution in [1.29, 1.82) is 0 Å². The molecule has 1 heterocycles. The summed E-state index contributed by atoms with van der Waals surface area (Å²) in [5.74, 6) is -2.01. The number of ether oxygens (including phenoxy) is 1. The van der Waals surface area contributed by atoms with E-state index in [1.165, 1.54) is 0 Å². The highest BCUT2D eigenvalue weighted by molar-refractivity contribution is 5.94. The van der Waals surface area contributed by atoms with Gasteiger partial charge in [-0.05, 0) is 73.2 Å². The molecule has 0 radical (unpaired) electrons. The smallest absolute Gasteiger partial charge is 0.251 e. The van der Waals surface area contributed by atoms with Gasteiger partial charge in [-0.25, -0.2) is 8.78 Å². The molecule has 34 heavy (non-hydrogen) atoms. The van der Waals surface area contributed by atoms with Crippen LogP contribution in [0.3, 0.4) is 0 Å². The van der Waals surface area contributed by atoms with Crippen molar-refractivity contribution in [3.05, 3.63) is 95.3 Å². The standard InChI is InChI=1S/C28H28F2N2O2/c29-28(30)16-14-27(15-17-28,21-6-4-20(5-7-21)26(33)32-23-10-11-23)22-8-12-25(13-9-22)34-19-24-3-1-2-18-31-24/h1-9,12-13,18,23H,10-11,14-17,19H2,(H,32,33). The van der Waals surface area contributed by atoms with Crippen LogP contribution in [0.2, 0.25) is 0 Å². The lowest BCUT2D eigenvalue weighted by molar-refractivity contribution is -0.0470. The number of nitrogens with zero attached hydrogens (tertiary/aromatic N) is 1. The Morgan fingerprint density at radius 1 is 0.912 bits per heavy atom. The zero-order valence-corrected chi connectivity index (χ0v) is 19.0. The SMILES string of the molecule is O=C(NC1CC1)c1ccc(C2(c3ccc(OCc4ccccn4)cc3)CCC(F)(F)CC2)cc1. The second-order valence-electron chi connectivity index (χ2n) is 9.40. The van der Waals surface area contributed by atoms with Crippen LogP contribution in [-0.4, -0.2) is 22.9 Å². The molecule has 176 valence electrons. The third kappa shape index (κ3) is 4.96. The van der Waals surface area contributed by atoms with E-state index in [9.17, 15) is 13.6 Å². The highest BCUT2D eigenvalue weighted by Gasteiger charge is 2.45. The predicted molar refractivity (Wildman–Crippen MR) is 126 cm³/mol. The van der Waals surface area contributed by atoms with Crippen LogP contribution in [-0.2, 0) is 12.0 Å². The summed E-state index contributed by atoms with van der Waals surface area (Å²) in [7, 11) is 0. The number of hydrogen-bond donors (Lipinski definition) is 1. The van der Waals surface area contributed by atoms with Crippen LogP contribution in [0.4, 0.5) is 8.78 Å². The monoisotopic (exact) mass is 462 g/mol. The number of alkyl halides is 2. The Labute approximate surface area is 198 Å². The Morgan fingerprint density at radius 3 is 2.15 bits per heavy atom. The van der Waals surface area contributed by atoms with Crippen molar-refractivity contribution in [1.82, 2.24) is 10.3 Å². The molecule has 1 N–H and O–H groups in total. The van der Waals surface area contributed by atoms with E-state index in [4.69, 9.17) is 4.74 Å². The average Bonchev–Trinajstić information content (AvgIpc) is 3.68. The van der Waals surface area contributed by atoms with Gasteiger partial charge in [0.15, 0.2) is 0 Å². The van der Waals surface area contributed by atoms with E-state index in [0.717, 1.165) is 29.7 Å². The number of nitrogens with one attached hydrogen (secondary N) is 1. The molecule has 5 rings (SSSR count). The maximum absolute atomic E-state index is 14.1. The molecule has 0 saturated heterocycles. The van der Waals surface area contributed by atoms with Gasteiger partial charge in [0, 0.05) is 36.1 Å². The summed E-state index contributed by atoms with van der Waals surface area (Å²) in [6.45, 7) is 0.363. The number of rotatable bonds is 7. The number of pyridine rings is 1. The minimum atomic E-state index is -2.64. The molecule has 3 aromatic rings. The van der Waals surface area contributed by atoms with Crippen molar-refractivity contribution in [2.45, 2.75) is 62.5 Å². The molecule has 0 spiro atoms. The van der Waals surface area contributed by atoms with E-state index < -0.39 is 11.3 Å². The summed E-state index contributed by atoms with van der Waals surface area (Å²) in [5, 5.41) is 2.99. The number of halogens is 2. The van der Waals surface area contributed by atoms with Crippen LogP contribution in [0.5, 0.6) is 5.75 Å². The summed E-state index contributed by atoms with van der Waals surface area (Å²) >= 11 is 0. The fourth-order valence-corrected chi connectivity index (χ4v) is 4.73. The summed E-state index contributed by atoms with van der Waals surface area (Å²) in [4.78, 5) is 16.7. The molecule has 2 fully saturated rings. The Morgan fingerprint density at radius 2 is 1.56 bits per heavy atom. The highest BCUT2D eigenvalue weighted by atomic mass is 19.3. The predicted octanol–water partition coefficient (Wildman–Crippen LogP) is 6.05. The summed E-state index contributed by atoms with van der Waals surface area (Å²) in [6, 6.07) is 21.2. The normalized spacial score (nSPS) is 18.8. The zero-order valence-electron chi connectivity index (χ0n) is 19.0. The lowest BCUT2D eigenvalue weighted by Gasteiger charge is -2.41. The van der Waals surface area contributed by atoms with Gasteiger partial charge in [0.25, 0.3) is 5.91 Å². The number of aromatic nitrogens is 1. The van der Waals surface area contributed by atoms with Crippen molar-refractivity contribution in [2.24, 2.45) is 0 Å². The molecule has 1 amide bonds. The van der Waals surface area contributed by atoms with Gasteiger partial charge in [0.1, 0.15) is 12.4 Å². The molecule has 0 aliphatic heterocycles. The van der Waals surface area contributed by atoms with Crippen molar-refractivity contribution in [3.63, 3.8) is 0 Å². The van der Waals surface area contributed by atoms with Gasteiger partial charge >= 0.3 is 0 Å². The van der Waals surface area contributed by atoms with Crippen molar-refractivity contribution in [2.75, 3.05) is 0 Å². The van der Waals surface area contributed by atoms with E-state index in [0.29, 0.717) is 30.8 Å². The molecular weight excluding hydrogens is 434 g/mol. The molecule has 2 saturated carbocycles. The van der Waals surface area contributed by atoms with Gasteiger partial charge in [0.05, 0.1) is 5.69 Å². The minimum absolute atomic E-state index is 0.0762. The van der Waals surface area contributed by atoms with E-state index in [2.05, 4.69) is 10.3 Å². The molecule has 0 atom stereocenters. The maximum Gasteiger partial charge on any atom is 0.251 e. The quantitative estimate of drug-likeness (QED) is 0.465. The van der Waals surface area contributed by atoms with Crippen molar-refractivity contribution in [3.8, 4) is 5.75 Å². The molecule has 0 bridgehead atoms. The second-order valence-corrected chi connectivity index (χ2v) is 9.40. The van der Waals surface area contributed by atoms with E-state index in [-0.39, 0.29) is 24.8 Å².